The van der Waals surface area contributed by atoms with E-state index in [2.05, 4.69) is 12.2 Å². The van der Waals surface area contributed by atoms with Crippen molar-refractivity contribution in [3.05, 3.63) is 29.3 Å². The molecule has 0 saturated heterocycles. The number of hydrogen-bond donors (Lipinski definition) is 1. The second kappa shape index (κ2) is 4.68. The van der Waals surface area contributed by atoms with Crippen molar-refractivity contribution in [1.29, 1.82) is 0 Å². The molecule has 1 N–H and O–H groups in total. The van der Waals surface area contributed by atoms with Crippen molar-refractivity contribution in [2.24, 2.45) is 0 Å². The van der Waals surface area contributed by atoms with Crippen LogP contribution in [-0.2, 0) is 11.2 Å². The third kappa shape index (κ3) is 2.35. The van der Waals surface area contributed by atoms with E-state index in [1.165, 1.54) is 0 Å². The van der Waals surface area contributed by atoms with Crippen LogP contribution in [0, 0.1) is 0 Å². The van der Waals surface area contributed by atoms with Crippen LogP contribution < -0.4 is 10.2 Å². The molecule has 3 rings (SSSR count). The minimum absolute atomic E-state index is 0.0216. The quantitative estimate of drug-likeness (QED) is 0.896. The van der Waals surface area contributed by atoms with Gasteiger partial charge in [0.2, 0.25) is 5.91 Å². The second-order valence-electron chi connectivity index (χ2n) is 5.31. The highest BCUT2D eigenvalue weighted by Gasteiger charge is 2.28. The monoisotopic (exact) mass is 258 g/mol. The van der Waals surface area contributed by atoms with Crippen LogP contribution in [-0.4, -0.2) is 24.4 Å². The van der Waals surface area contributed by atoms with Gasteiger partial charge < -0.3 is 10.2 Å². The molecule has 0 aromatic heterocycles. The van der Waals surface area contributed by atoms with E-state index in [1.807, 2.05) is 23.1 Å². The summed E-state index contributed by atoms with van der Waals surface area (Å²) in [4.78, 5) is 25.7. The summed E-state index contributed by atoms with van der Waals surface area (Å²) in [6.45, 7) is 2.81. The van der Waals surface area contributed by atoms with Gasteiger partial charge in [0, 0.05) is 23.8 Å². The molecule has 2 aliphatic rings. The molecule has 19 heavy (non-hydrogen) atoms. The Morgan fingerprint density at radius 2 is 2.21 bits per heavy atom. The molecule has 0 atom stereocenters. The fourth-order valence-corrected chi connectivity index (χ4v) is 2.49. The van der Waals surface area contributed by atoms with E-state index >= 15 is 0 Å². The summed E-state index contributed by atoms with van der Waals surface area (Å²) < 4.78 is 0. The van der Waals surface area contributed by atoms with Crippen molar-refractivity contribution in [3.8, 4) is 0 Å². The first-order chi connectivity index (χ1) is 9.19. The topological polar surface area (TPSA) is 49.4 Å². The van der Waals surface area contributed by atoms with Gasteiger partial charge in [-0.15, -0.1) is 0 Å². The van der Waals surface area contributed by atoms with Crippen molar-refractivity contribution in [1.82, 2.24) is 5.32 Å². The summed E-state index contributed by atoms with van der Waals surface area (Å²) in [5, 5.41) is 2.97. The zero-order valence-corrected chi connectivity index (χ0v) is 11.1. The molecule has 100 valence electrons. The zero-order valence-electron chi connectivity index (χ0n) is 11.1. The Balaban J connectivity index is 1.82. The predicted molar refractivity (Wildman–Crippen MR) is 73.3 cm³/mol. The lowest BCUT2D eigenvalue weighted by molar-refractivity contribution is -0.117. The van der Waals surface area contributed by atoms with Gasteiger partial charge in [0.1, 0.15) is 0 Å². The van der Waals surface area contributed by atoms with E-state index in [1.54, 1.807) is 0 Å². The smallest absolute Gasteiger partial charge is 0.251 e. The maximum Gasteiger partial charge on any atom is 0.251 e. The van der Waals surface area contributed by atoms with Gasteiger partial charge in [0.15, 0.2) is 0 Å². The van der Waals surface area contributed by atoms with Crippen LogP contribution in [0.2, 0.25) is 0 Å². The minimum atomic E-state index is -0.0216. The predicted octanol–water partition coefficient (Wildman–Crippen LogP) is 1.88. The van der Waals surface area contributed by atoms with Crippen LogP contribution in [0.25, 0.3) is 0 Å². The molecule has 0 spiro atoms. The molecule has 4 nitrogen and oxygen atoms in total. The lowest BCUT2D eigenvalue weighted by atomic mass is 10.1. The molecule has 0 unspecified atom stereocenters. The number of rotatable bonds is 4. The molecule has 4 heteroatoms. The third-order valence-electron chi connectivity index (χ3n) is 3.63. The number of carbonyl (C=O) groups is 2. The Hall–Kier alpha value is -1.84. The Kier molecular flexibility index (Phi) is 3.01. The number of nitrogens with one attached hydrogen (secondary N) is 1. The molecule has 1 aliphatic carbocycles. The van der Waals surface area contributed by atoms with Crippen LogP contribution in [0.3, 0.4) is 0 Å². The summed E-state index contributed by atoms with van der Waals surface area (Å²) in [5.74, 6) is 0.114. The lowest BCUT2D eigenvalue weighted by Crippen LogP contribution is -2.27. The van der Waals surface area contributed by atoms with Crippen molar-refractivity contribution in [2.75, 3.05) is 11.4 Å². The summed E-state index contributed by atoms with van der Waals surface area (Å²) in [7, 11) is 0. The molecule has 0 bridgehead atoms. The van der Waals surface area contributed by atoms with Crippen molar-refractivity contribution in [2.45, 2.75) is 38.6 Å². The van der Waals surface area contributed by atoms with Gasteiger partial charge in [0.25, 0.3) is 5.91 Å². The van der Waals surface area contributed by atoms with Gasteiger partial charge in [-0.25, -0.2) is 0 Å². The minimum Gasteiger partial charge on any atom is -0.349 e. The zero-order chi connectivity index (χ0) is 13.4. The Morgan fingerprint density at radius 3 is 2.89 bits per heavy atom. The van der Waals surface area contributed by atoms with Crippen LogP contribution >= 0.6 is 0 Å². The molecule has 1 fully saturated rings. The average Bonchev–Trinajstić information content (AvgIpc) is 3.14. The van der Waals surface area contributed by atoms with Gasteiger partial charge in [0.05, 0.1) is 6.42 Å². The maximum atomic E-state index is 12.0. The highest BCUT2D eigenvalue weighted by atomic mass is 16.2. The summed E-state index contributed by atoms with van der Waals surface area (Å²) in [6.07, 6.45) is 3.52. The summed E-state index contributed by atoms with van der Waals surface area (Å²) >= 11 is 0. The van der Waals surface area contributed by atoms with Crippen LogP contribution in [0.5, 0.6) is 0 Å². The van der Waals surface area contributed by atoms with Crippen LogP contribution in [0.1, 0.15) is 42.1 Å². The van der Waals surface area contributed by atoms with E-state index in [-0.39, 0.29) is 11.8 Å². The van der Waals surface area contributed by atoms with E-state index in [0.29, 0.717) is 18.0 Å². The first-order valence-electron chi connectivity index (χ1n) is 6.93. The standard InChI is InChI=1S/C15H18N2O2/c1-2-7-17-13-6-3-10(8-11(13)9-14(17)18)15(19)16-12-4-5-12/h3,6,8,12H,2,4-5,7,9H2,1H3,(H,16,19). The largest absolute Gasteiger partial charge is 0.349 e. The highest BCUT2D eigenvalue weighted by Crippen LogP contribution is 2.30. The molecule has 1 aromatic rings. The highest BCUT2D eigenvalue weighted by molar-refractivity contribution is 6.03. The Bertz CT molecular complexity index is 535. The Labute approximate surface area is 112 Å². The average molecular weight is 258 g/mol. The number of nitrogens with zero attached hydrogens (tertiary/aromatic N) is 1. The third-order valence-corrected chi connectivity index (χ3v) is 3.63. The Morgan fingerprint density at radius 1 is 1.42 bits per heavy atom. The van der Waals surface area contributed by atoms with Gasteiger partial charge in [-0.2, -0.15) is 0 Å². The van der Waals surface area contributed by atoms with Gasteiger partial charge in [-0.05, 0) is 43.0 Å². The van der Waals surface area contributed by atoms with Crippen molar-refractivity contribution >= 4 is 17.5 Å². The first kappa shape index (κ1) is 12.2. The lowest BCUT2D eigenvalue weighted by Gasteiger charge is -2.16. The number of carbonyl (C=O) groups excluding carboxylic acids is 2. The summed E-state index contributed by atoms with van der Waals surface area (Å²) in [6, 6.07) is 5.94. The van der Waals surface area contributed by atoms with E-state index in [0.717, 1.165) is 37.1 Å². The molecule has 1 aromatic carbocycles. The van der Waals surface area contributed by atoms with Crippen LogP contribution in [0.4, 0.5) is 5.69 Å². The molecule has 1 heterocycles. The van der Waals surface area contributed by atoms with Crippen molar-refractivity contribution < 1.29 is 9.59 Å². The fourth-order valence-electron chi connectivity index (χ4n) is 2.49. The molecule has 1 aliphatic heterocycles. The van der Waals surface area contributed by atoms with Crippen LogP contribution in [0.15, 0.2) is 18.2 Å². The maximum absolute atomic E-state index is 12.0. The van der Waals surface area contributed by atoms with Crippen molar-refractivity contribution in [3.63, 3.8) is 0 Å². The van der Waals surface area contributed by atoms with E-state index < -0.39 is 0 Å². The van der Waals surface area contributed by atoms with E-state index in [4.69, 9.17) is 0 Å². The van der Waals surface area contributed by atoms with Gasteiger partial charge in [-0.1, -0.05) is 6.92 Å². The van der Waals surface area contributed by atoms with Gasteiger partial charge >= 0.3 is 0 Å². The number of benzene rings is 1. The molecular formula is C15H18N2O2. The molecule has 1 saturated carbocycles. The molecule has 0 radical (unpaired) electrons. The molecular weight excluding hydrogens is 240 g/mol. The number of fused-ring (bicyclic) bond motifs is 1. The normalized spacial score (nSPS) is 17.5. The second-order valence-corrected chi connectivity index (χ2v) is 5.31. The van der Waals surface area contributed by atoms with E-state index in [9.17, 15) is 9.59 Å². The number of amides is 2. The number of anilines is 1. The van der Waals surface area contributed by atoms with Gasteiger partial charge in [-0.3, -0.25) is 9.59 Å². The molecule has 2 amide bonds. The number of hydrogen-bond acceptors (Lipinski definition) is 2. The SMILES string of the molecule is CCCN1C(=O)Cc2cc(C(=O)NC3CC3)ccc21. The fraction of sp³-hybridized carbons (Fsp3) is 0.467. The first-order valence-corrected chi connectivity index (χ1v) is 6.93. The summed E-state index contributed by atoms with van der Waals surface area (Å²) in [5.41, 5.74) is 2.61.